The molecule has 0 fully saturated rings. The van der Waals surface area contributed by atoms with E-state index in [0.717, 1.165) is 117 Å². The van der Waals surface area contributed by atoms with E-state index in [0.29, 0.717) is 17.4 Å². The van der Waals surface area contributed by atoms with Gasteiger partial charge in [-0.3, -0.25) is 0 Å². The molecular weight excluding hydrogens is 1230 g/mol. The zero-order valence-electron chi connectivity index (χ0n) is 47.6. The van der Waals surface area contributed by atoms with E-state index in [2.05, 4.69) is 309 Å². The number of benzene rings is 11. The molecule has 0 unspecified atom stereocenters. The first-order valence-corrected chi connectivity index (χ1v) is 28.9. The fourth-order valence-electron chi connectivity index (χ4n) is 12.1. The Bertz CT molecular complexity index is 4420. The number of rotatable bonds is 11. The Balaban J connectivity index is 0.00000653. The molecule has 6 nitrogen and oxygen atoms in total. The van der Waals surface area contributed by atoms with Crippen LogP contribution in [0.4, 0.5) is 11.4 Å². The van der Waals surface area contributed by atoms with Gasteiger partial charge >= 0.3 is 6.92 Å². The van der Waals surface area contributed by atoms with Crippen LogP contribution in [0.15, 0.2) is 285 Å². The second kappa shape index (κ2) is 22.6. The van der Waals surface area contributed by atoms with Gasteiger partial charge in [0.15, 0.2) is 5.88 Å². The van der Waals surface area contributed by atoms with Gasteiger partial charge < -0.3 is 23.8 Å². The van der Waals surface area contributed by atoms with Crippen LogP contribution in [-0.2, 0) is 31.1 Å². The fourth-order valence-corrected chi connectivity index (χ4v) is 12.1. The molecule has 2 aliphatic heterocycles. The normalized spacial score (nSPS) is 12.8. The Labute approximate surface area is 517 Å². The number of hydrogen-bond donors (Lipinski definition) is 0. The molecule has 0 amide bonds. The van der Waals surface area contributed by atoms with E-state index >= 15 is 0 Å². The van der Waals surface area contributed by atoms with Gasteiger partial charge in [-0.2, -0.15) is 12.1 Å². The second-order valence-corrected chi connectivity index (χ2v) is 22.9. The van der Waals surface area contributed by atoms with E-state index in [-0.39, 0.29) is 26.5 Å². The fraction of sp³-hybridized carbons (Fsp3) is 0.0513. The van der Waals surface area contributed by atoms with Crippen molar-refractivity contribution >= 4 is 51.0 Å². The number of ether oxygens (including phenoxy) is 1. The van der Waals surface area contributed by atoms with Gasteiger partial charge in [-0.05, 0) is 132 Å². The number of anilines is 2. The summed E-state index contributed by atoms with van der Waals surface area (Å²) < 4.78 is 16.3. The zero-order valence-corrected chi connectivity index (χ0v) is 49.9. The molecule has 0 atom stereocenters. The Morgan fingerprint density at radius 3 is 1.53 bits per heavy atom. The summed E-state index contributed by atoms with van der Waals surface area (Å²) in [6.07, 6.45) is 4.03. The van der Waals surface area contributed by atoms with Crippen molar-refractivity contribution in [3.63, 3.8) is 0 Å². The number of para-hydroxylation sites is 2. The standard InChI is InChI=1S/C78H56BN4O2.Pt/c1-78(2,3)63-40-41-80-75(48-63)83-72-35-20-19-32-69(72)70-38-36-65(49-73(70)83)84-66-37-39-71-74(50-66)82-52-81(51-76(82)85-79(71)64-30-17-8-18-31-64)77-67(61-44-57(53-22-9-4-10-23-53)42-58(45-61)54-24-11-5-12-25-54)33-21-34-68(77)62-46-59(55-26-13-6-14-27-55)43-60(47-62)56-28-15-7-16-29-56;/h4-48,51-52H,1-3H3;/q-3;. The van der Waals surface area contributed by atoms with E-state index in [9.17, 15) is 0 Å². The van der Waals surface area contributed by atoms with Crippen molar-refractivity contribution in [1.82, 2.24) is 9.55 Å². The van der Waals surface area contributed by atoms with Crippen molar-refractivity contribution < 1.29 is 30.5 Å². The van der Waals surface area contributed by atoms with E-state index in [1.54, 1.807) is 0 Å². The van der Waals surface area contributed by atoms with Crippen molar-refractivity contribution in [2.75, 3.05) is 9.80 Å². The van der Waals surface area contributed by atoms with Gasteiger partial charge in [0.25, 0.3) is 0 Å². The van der Waals surface area contributed by atoms with E-state index < -0.39 is 6.92 Å². The van der Waals surface area contributed by atoms with Crippen LogP contribution in [0.2, 0.25) is 0 Å². The first kappa shape index (κ1) is 54.0. The number of fused-ring (bicyclic) bond motifs is 6. The molecule has 13 aromatic rings. The maximum atomic E-state index is 7.23. The van der Waals surface area contributed by atoms with Crippen LogP contribution in [0.3, 0.4) is 0 Å². The van der Waals surface area contributed by atoms with Crippen LogP contribution in [0, 0.1) is 18.8 Å². The van der Waals surface area contributed by atoms with Crippen LogP contribution >= 0.6 is 0 Å². The van der Waals surface area contributed by atoms with Crippen LogP contribution in [0.1, 0.15) is 26.3 Å². The first-order chi connectivity index (χ1) is 41.7. The molecule has 0 radical (unpaired) electrons. The average Bonchev–Trinajstić information content (AvgIpc) is 1.83. The molecule has 11 aromatic carbocycles. The molecule has 4 heterocycles. The number of nitrogens with zero attached hydrogens (tertiary/aromatic N) is 4. The van der Waals surface area contributed by atoms with Crippen molar-refractivity contribution in [2.45, 2.75) is 26.2 Å². The molecule has 0 saturated heterocycles. The molecule has 0 aliphatic carbocycles. The molecule has 2 aromatic heterocycles. The van der Waals surface area contributed by atoms with Crippen LogP contribution in [-0.4, -0.2) is 16.5 Å². The van der Waals surface area contributed by atoms with Gasteiger partial charge in [0, 0.05) is 67.3 Å². The third-order valence-corrected chi connectivity index (χ3v) is 16.3. The Hall–Kier alpha value is -9.94. The topological polar surface area (TPSA) is 42.8 Å². The molecule has 8 heteroatoms. The molecule has 15 rings (SSSR count). The van der Waals surface area contributed by atoms with Crippen molar-refractivity contribution in [1.29, 1.82) is 0 Å². The van der Waals surface area contributed by atoms with Gasteiger partial charge in [-0.1, -0.05) is 220 Å². The van der Waals surface area contributed by atoms with Crippen molar-refractivity contribution in [2.24, 2.45) is 0 Å². The summed E-state index contributed by atoms with van der Waals surface area (Å²) in [6, 6.07) is 102. The Morgan fingerprint density at radius 1 is 0.477 bits per heavy atom. The van der Waals surface area contributed by atoms with E-state index in [1.165, 1.54) is 5.56 Å². The second-order valence-electron chi connectivity index (χ2n) is 22.9. The monoisotopic (exact) mass is 1290 g/mol. The SMILES string of the molecule is CC(C)(C)c1ccnc(-n2c3[c-]c(Oc4[c-]c5c(cc4)B(c4ccccc4)OC4=CN(c6c(-c7cc(-c8ccccc8)cc(-c8ccccc8)c7)cccc6-c6cc(-c7ccccc7)cc(-c7ccccc7)c6)[CH-]N45)ccc3c3ccccc32)c1.[Pt]. The maximum absolute atomic E-state index is 7.23. The smallest absolute Gasteiger partial charge is 0.359 e. The minimum absolute atomic E-state index is 0. The van der Waals surface area contributed by atoms with E-state index in [4.69, 9.17) is 14.4 Å². The minimum Gasteiger partial charge on any atom is -0.553 e. The average molecular weight is 1290 g/mol. The summed E-state index contributed by atoms with van der Waals surface area (Å²) in [5.41, 5.74) is 20.2. The summed E-state index contributed by atoms with van der Waals surface area (Å²) in [5, 5.41) is 2.19. The molecule has 86 heavy (non-hydrogen) atoms. The van der Waals surface area contributed by atoms with Crippen LogP contribution < -0.4 is 25.5 Å². The van der Waals surface area contributed by atoms with Crippen molar-refractivity contribution in [3.8, 4) is 84.1 Å². The third-order valence-electron chi connectivity index (χ3n) is 16.3. The van der Waals surface area contributed by atoms with Gasteiger partial charge in [0.2, 0.25) is 0 Å². The third kappa shape index (κ3) is 10.2. The predicted molar refractivity (Wildman–Crippen MR) is 350 cm³/mol. The summed E-state index contributed by atoms with van der Waals surface area (Å²) in [4.78, 5) is 9.29. The summed E-state index contributed by atoms with van der Waals surface area (Å²) in [7, 11) is 0. The summed E-state index contributed by atoms with van der Waals surface area (Å²) in [6.45, 7) is 8.40. The largest absolute Gasteiger partial charge is 0.553 e. The van der Waals surface area contributed by atoms with Gasteiger partial charge in [-0.15, -0.1) is 41.8 Å². The van der Waals surface area contributed by atoms with E-state index in [1.807, 2.05) is 24.4 Å². The molecule has 0 spiro atoms. The molecule has 0 N–H and O–H groups in total. The molecule has 2 aliphatic rings. The molecule has 416 valence electrons. The molecule has 0 saturated carbocycles. The molecule has 0 bridgehead atoms. The number of aromatic nitrogens is 2. The molecular formula is C78H56BN4O2Pt-3. The number of pyridine rings is 1. The van der Waals surface area contributed by atoms with Crippen molar-refractivity contribution in [3.05, 3.63) is 310 Å². The Kier molecular flexibility index (Phi) is 14.2. The quantitative estimate of drug-likeness (QED) is 0.0954. The van der Waals surface area contributed by atoms with Gasteiger partial charge in [0.05, 0.1) is 0 Å². The summed E-state index contributed by atoms with van der Waals surface area (Å²) >= 11 is 0. The van der Waals surface area contributed by atoms with Gasteiger partial charge in [0.1, 0.15) is 5.82 Å². The predicted octanol–water partition coefficient (Wildman–Crippen LogP) is 18.2. The minimum atomic E-state index is -0.436. The first-order valence-electron chi connectivity index (χ1n) is 28.9. The number of hydrogen-bond acceptors (Lipinski definition) is 5. The van der Waals surface area contributed by atoms with Crippen LogP contribution in [0.25, 0.3) is 94.4 Å². The summed E-state index contributed by atoms with van der Waals surface area (Å²) in [5.74, 6) is 2.60. The van der Waals surface area contributed by atoms with Gasteiger partial charge in [-0.25, -0.2) is 4.98 Å². The van der Waals surface area contributed by atoms with Crippen LogP contribution in [0.5, 0.6) is 11.5 Å². The Morgan fingerprint density at radius 2 is 0.977 bits per heavy atom. The maximum Gasteiger partial charge on any atom is 0.359 e. The zero-order chi connectivity index (χ0) is 57.0.